The third-order valence-corrected chi connectivity index (χ3v) is 4.26. The molecule has 0 amide bonds. The van der Waals surface area contributed by atoms with Crippen molar-refractivity contribution >= 4 is 17.4 Å². The minimum atomic E-state index is 0.479. The van der Waals surface area contributed by atoms with Gasteiger partial charge in [0.1, 0.15) is 5.75 Å². The van der Waals surface area contributed by atoms with Crippen LogP contribution in [0.2, 0.25) is 0 Å². The van der Waals surface area contributed by atoms with Crippen LogP contribution in [0.3, 0.4) is 0 Å². The van der Waals surface area contributed by atoms with Crippen molar-refractivity contribution < 1.29 is 4.74 Å². The lowest BCUT2D eigenvalue weighted by atomic mass is 10.0. The Hall–Kier alpha value is -1.61. The maximum atomic E-state index is 5.78. The molecule has 3 rings (SSSR count). The molecule has 0 radical (unpaired) electrons. The monoisotopic (exact) mass is 257 g/mol. The fraction of sp³-hybridized carbons (Fsp3) is 0.200. The number of hydrogen-bond donors (Lipinski definition) is 1. The number of para-hydroxylation sites is 1. The van der Waals surface area contributed by atoms with E-state index >= 15 is 0 Å². The summed E-state index contributed by atoms with van der Waals surface area (Å²) >= 11 is 1.84. The molecule has 1 aliphatic heterocycles. The van der Waals surface area contributed by atoms with Gasteiger partial charge in [-0.15, -0.1) is 11.8 Å². The second kappa shape index (κ2) is 4.94. The van der Waals surface area contributed by atoms with Crippen molar-refractivity contribution in [2.24, 2.45) is 0 Å². The molecule has 2 N–H and O–H groups in total. The summed E-state index contributed by atoms with van der Waals surface area (Å²) in [6, 6.07) is 16.3. The average molecular weight is 257 g/mol. The highest BCUT2D eigenvalue weighted by Crippen LogP contribution is 2.37. The Balaban J connectivity index is 1.69. The molecule has 1 unspecified atom stereocenters. The van der Waals surface area contributed by atoms with Crippen LogP contribution in [-0.4, -0.2) is 12.4 Å². The Labute approximate surface area is 111 Å². The highest BCUT2D eigenvalue weighted by Gasteiger charge is 2.23. The first-order valence-corrected chi connectivity index (χ1v) is 7.01. The van der Waals surface area contributed by atoms with Crippen LogP contribution in [0.4, 0.5) is 5.69 Å². The zero-order valence-corrected chi connectivity index (χ0v) is 10.8. The number of nitrogen functional groups attached to an aromatic ring is 1. The van der Waals surface area contributed by atoms with Crippen molar-refractivity contribution in [1.82, 2.24) is 0 Å². The Bertz CT molecular complexity index is 556. The van der Waals surface area contributed by atoms with Crippen molar-refractivity contribution in [1.29, 1.82) is 0 Å². The molecule has 2 aromatic rings. The Kier molecular flexibility index (Phi) is 3.15. The molecule has 1 atom stereocenters. The summed E-state index contributed by atoms with van der Waals surface area (Å²) < 4.78 is 5.69. The highest BCUT2D eigenvalue weighted by atomic mass is 32.2. The van der Waals surface area contributed by atoms with Crippen LogP contribution in [0, 0.1) is 0 Å². The molecule has 0 aliphatic carbocycles. The molecule has 92 valence electrons. The average Bonchev–Trinajstić information content (AvgIpc) is 2.80. The van der Waals surface area contributed by atoms with Crippen LogP contribution in [0.15, 0.2) is 53.4 Å². The number of thioether (sulfide) groups is 1. The zero-order valence-electron chi connectivity index (χ0n) is 10.0. The van der Waals surface area contributed by atoms with E-state index in [4.69, 9.17) is 10.5 Å². The van der Waals surface area contributed by atoms with E-state index in [1.807, 2.05) is 42.1 Å². The number of hydrogen-bond acceptors (Lipinski definition) is 3. The minimum Gasteiger partial charge on any atom is -0.493 e. The van der Waals surface area contributed by atoms with Gasteiger partial charge in [-0.05, 0) is 24.3 Å². The highest BCUT2D eigenvalue weighted by molar-refractivity contribution is 7.99. The van der Waals surface area contributed by atoms with Gasteiger partial charge < -0.3 is 10.5 Å². The van der Waals surface area contributed by atoms with Gasteiger partial charge in [0.25, 0.3) is 0 Å². The molecule has 1 aliphatic rings. The third kappa shape index (κ3) is 2.31. The molecule has 3 heteroatoms. The lowest BCUT2D eigenvalue weighted by molar-refractivity contribution is 0.339. The molecular weight excluding hydrogens is 242 g/mol. The zero-order chi connectivity index (χ0) is 12.4. The Morgan fingerprint density at radius 1 is 1.17 bits per heavy atom. The largest absolute Gasteiger partial charge is 0.493 e. The fourth-order valence-electron chi connectivity index (χ4n) is 2.17. The van der Waals surface area contributed by atoms with E-state index in [1.165, 1.54) is 10.5 Å². The predicted octanol–water partition coefficient (Wildman–Crippen LogP) is 3.54. The smallest absolute Gasteiger partial charge is 0.122 e. The number of rotatable bonds is 3. The number of ether oxygens (including phenoxy) is 1. The van der Waals surface area contributed by atoms with Gasteiger partial charge in [-0.25, -0.2) is 0 Å². The summed E-state index contributed by atoms with van der Waals surface area (Å²) in [6.07, 6.45) is 0. The van der Waals surface area contributed by atoms with Gasteiger partial charge in [0.05, 0.1) is 6.61 Å². The van der Waals surface area contributed by atoms with Gasteiger partial charge in [0.15, 0.2) is 0 Å². The minimum absolute atomic E-state index is 0.479. The topological polar surface area (TPSA) is 35.2 Å². The number of anilines is 1. The summed E-state index contributed by atoms with van der Waals surface area (Å²) in [4.78, 5) is 1.22. The number of fused-ring (bicyclic) bond motifs is 1. The lowest BCUT2D eigenvalue weighted by Crippen LogP contribution is -2.03. The SMILES string of the molecule is Nc1cccc(SCC2COc3ccccc32)c1. The molecule has 0 fully saturated rings. The van der Waals surface area contributed by atoms with E-state index in [2.05, 4.69) is 18.2 Å². The van der Waals surface area contributed by atoms with Crippen LogP contribution in [0.5, 0.6) is 5.75 Å². The van der Waals surface area contributed by atoms with Gasteiger partial charge in [-0.3, -0.25) is 0 Å². The first-order chi connectivity index (χ1) is 8.83. The van der Waals surface area contributed by atoms with Crippen molar-refractivity contribution in [3.8, 4) is 5.75 Å². The fourth-order valence-corrected chi connectivity index (χ4v) is 3.23. The summed E-state index contributed by atoms with van der Waals surface area (Å²) in [5, 5.41) is 0. The van der Waals surface area contributed by atoms with Crippen molar-refractivity contribution in [2.45, 2.75) is 10.8 Å². The summed E-state index contributed by atoms with van der Waals surface area (Å²) in [5.74, 6) is 2.55. The predicted molar refractivity (Wildman–Crippen MR) is 76.3 cm³/mol. The van der Waals surface area contributed by atoms with Gasteiger partial charge in [-0.2, -0.15) is 0 Å². The molecule has 0 spiro atoms. The second-order valence-electron chi connectivity index (χ2n) is 4.43. The van der Waals surface area contributed by atoms with Crippen molar-refractivity contribution in [3.05, 3.63) is 54.1 Å². The van der Waals surface area contributed by atoms with Gasteiger partial charge in [-0.1, -0.05) is 24.3 Å². The quantitative estimate of drug-likeness (QED) is 0.675. The maximum Gasteiger partial charge on any atom is 0.122 e. The number of nitrogens with two attached hydrogens (primary N) is 1. The van der Waals surface area contributed by atoms with Gasteiger partial charge in [0, 0.05) is 27.8 Å². The summed E-state index contributed by atoms with van der Waals surface area (Å²) in [7, 11) is 0. The van der Waals surface area contributed by atoms with Crippen LogP contribution in [0.1, 0.15) is 11.5 Å². The normalized spacial score (nSPS) is 17.2. The molecule has 0 aromatic heterocycles. The Morgan fingerprint density at radius 3 is 2.94 bits per heavy atom. The summed E-state index contributed by atoms with van der Waals surface area (Å²) in [6.45, 7) is 0.786. The molecular formula is C15H15NOS. The van der Waals surface area contributed by atoms with E-state index in [9.17, 15) is 0 Å². The first-order valence-electron chi connectivity index (χ1n) is 6.03. The first kappa shape index (κ1) is 11.5. The maximum absolute atomic E-state index is 5.78. The van der Waals surface area contributed by atoms with Crippen molar-refractivity contribution in [2.75, 3.05) is 18.1 Å². The van der Waals surface area contributed by atoms with Gasteiger partial charge >= 0.3 is 0 Å². The molecule has 2 aromatic carbocycles. The van der Waals surface area contributed by atoms with Crippen LogP contribution in [-0.2, 0) is 0 Å². The van der Waals surface area contributed by atoms with Crippen LogP contribution in [0.25, 0.3) is 0 Å². The van der Waals surface area contributed by atoms with Crippen LogP contribution >= 0.6 is 11.8 Å². The van der Waals surface area contributed by atoms with Crippen molar-refractivity contribution in [3.63, 3.8) is 0 Å². The van der Waals surface area contributed by atoms with E-state index in [-0.39, 0.29) is 0 Å². The van der Waals surface area contributed by atoms with E-state index < -0.39 is 0 Å². The van der Waals surface area contributed by atoms with Gasteiger partial charge in [0.2, 0.25) is 0 Å². The van der Waals surface area contributed by atoms with E-state index in [0.717, 1.165) is 23.8 Å². The molecule has 1 heterocycles. The molecule has 0 bridgehead atoms. The molecule has 0 saturated heterocycles. The van der Waals surface area contributed by atoms with E-state index in [1.54, 1.807) is 0 Å². The third-order valence-electron chi connectivity index (χ3n) is 3.11. The lowest BCUT2D eigenvalue weighted by Gasteiger charge is -2.08. The number of benzene rings is 2. The molecule has 18 heavy (non-hydrogen) atoms. The standard InChI is InChI=1S/C15H15NOS/c16-12-4-3-5-13(8-12)18-10-11-9-17-15-7-2-1-6-14(11)15/h1-8,11H,9-10,16H2. The van der Waals surface area contributed by atoms with Crippen LogP contribution < -0.4 is 10.5 Å². The Morgan fingerprint density at radius 2 is 2.06 bits per heavy atom. The molecule has 0 saturated carbocycles. The second-order valence-corrected chi connectivity index (χ2v) is 5.52. The molecule has 2 nitrogen and oxygen atoms in total. The van der Waals surface area contributed by atoms with E-state index in [0.29, 0.717) is 5.92 Å². The summed E-state index contributed by atoms with van der Waals surface area (Å²) in [5.41, 5.74) is 7.93.